The van der Waals surface area contributed by atoms with Gasteiger partial charge in [-0.25, -0.2) is 10.2 Å². The molecule has 0 aliphatic carbocycles. The summed E-state index contributed by atoms with van der Waals surface area (Å²) < 4.78 is 16.5. The molecule has 4 aromatic rings. The van der Waals surface area contributed by atoms with Gasteiger partial charge in [0.1, 0.15) is 12.4 Å². The lowest BCUT2D eigenvalue weighted by atomic mass is 10.2. The minimum absolute atomic E-state index is 0.164. The minimum Gasteiger partial charge on any atom is -0.493 e. The second kappa shape index (κ2) is 13.2. The minimum atomic E-state index is -0.662. The zero-order valence-corrected chi connectivity index (χ0v) is 22.8. The summed E-state index contributed by atoms with van der Waals surface area (Å²) in [7, 11) is 1.44. The van der Waals surface area contributed by atoms with Crippen molar-refractivity contribution in [2.45, 2.75) is 6.61 Å². The molecule has 1 N–H and O–H groups in total. The van der Waals surface area contributed by atoms with Crippen LogP contribution in [-0.4, -0.2) is 25.2 Å². The summed E-state index contributed by atoms with van der Waals surface area (Å²) in [5.74, 6) is 0.0418. The van der Waals surface area contributed by atoms with E-state index in [1.54, 1.807) is 60.7 Å². The Labute approximate surface area is 239 Å². The number of hydrogen-bond donors (Lipinski definition) is 1. The molecule has 0 saturated heterocycles. The van der Waals surface area contributed by atoms with Crippen molar-refractivity contribution in [3.63, 3.8) is 0 Å². The number of carbonyl (C=O) groups excluding carboxylic acids is 2. The third-order valence-corrected chi connectivity index (χ3v) is 6.16. The molecule has 0 aliphatic heterocycles. The van der Waals surface area contributed by atoms with E-state index in [1.165, 1.54) is 25.5 Å². The maximum absolute atomic E-state index is 12.5. The van der Waals surface area contributed by atoms with Crippen LogP contribution in [0.15, 0.2) is 90.0 Å². The van der Waals surface area contributed by atoms with Gasteiger partial charge < -0.3 is 14.2 Å². The van der Waals surface area contributed by atoms with Crippen molar-refractivity contribution >= 4 is 52.9 Å². The highest BCUT2D eigenvalue weighted by atomic mass is 35.5. The van der Waals surface area contributed by atoms with Crippen LogP contribution in [0.4, 0.5) is 0 Å². The molecule has 0 spiro atoms. The number of halogens is 3. The van der Waals surface area contributed by atoms with Crippen LogP contribution < -0.4 is 19.6 Å². The maximum Gasteiger partial charge on any atom is 0.345 e. The third-order valence-electron chi connectivity index (χ3n) is 5.36. The molecule has 39 heavy (non-hydrogen) atoms. The highest BCUT2D eigenvalue weighted by molar-refractivity contribution is 6.36. The summed E-state index contributed by atoms with van der Waals surface area (Å²) >= 11 is 17.9. The number of rotatable bonds is 9. The maximum atomic E-state index is 12.5. The van der Waals surface area contributed by atoms with Crippen LogP contribution >= 0.6 is 34.8 Å². The number of hydrazone groups is 1. The normalized spacial score (nSPS) is 10.8. The number of ether oxygens (including phenoxy) is 3. The molecule has 0 aliphatic rings. The first-order valence-electron chi connectivity index (χ1n) is 11.5. The largest absolute Gasteiger partial charge is 0.493 e. The Morgan fingerprint density at radius 2 is 1.56 bits per heavy atom. The molecule has 4 rings (SSSR count). The monoisotopic (exact) mass is 582 g/mol. The predicted molar refractivity (Wildman–Crippen MR) is 152 cm³/mol. The Morgan fingerprint density at radius 3 is 2.26 bits per heavy atom. The summed E-state index contributed by atoms with van der Waals surface area (Å²) in [4.78, 5) is 25.0. The molecule has 0 unspecified atom stereocenters. The van der Waals surface area contributed by atoms with Gasteiger partial charge in [0.15, 0.2) is 11.5 Å². The highest BCUT2D eigenvalue weighted by Crippen LogP contribution is 2.30. The number of benzene rings is 4. The summed E-state index contributed by atoms with van der Waals surface area (Å²) in [5, 5.41) is 5.23. The fourth-order valence-electron chi connectivity index (χ4n) is 3.34. The fourth-order valence-corrected chi connectivity index (χ4v) is 3.95. The predicted octanol–water partition coefficient (Wildman–Crippen LogP) is 7.22. The van der Waals surface area contributed by atoms with Gasteiger partial charge in [0, 0.05) is 15.6 Å². The van der Waals surface area contributed by atoms with Crippen LogP contribution in [-0.2, 0) is 6.61 Å². The molecule has 198 valence electrons. The second-order valence-electron chi connectivity index (χ2n) is 8.06. The van der Waals surface area contributed by atoms with E-state index in [0.29, 0.717) is 33.5 Å². The van der Waals surface area contributed by atoms with Crippen molar-refractivity contribution < 1.29 is 23.8 Å². The molecule has 10 heteroatoms. The molecule has 0 atom stereocenters. The number of methoxy groups -OCH3 is 1. The van der Waals surface area contributed by atoms with Gasteiger partial charge in [-0.1, -0.05) is 46.9 Å². The quantitative estimate of drug-likeness (QED) is 0.0973. The Hall–Kier alpha value is -4.04. The van der Waals surface area contributed by atoms with Gasteiger partial charge >= 0.3 is 5.97 Å². The molecule has 0 aromatic heterocycles. The van der Waals surface area contributed by atoms with E-state index in [4.69, 9.17) is 49.0 Å². The standard InChI is InChI=1S/C29H21Cl3N2O5/c1-37-27-14-19(4-13-26(27)39-29(36)24-12-9-22(31)15-25(24)32)16-33-34-28(35)20-5-10-23(11-6-20)38-17-18-2-7-21(30)8-3-18/h2-16H,17H2,1H3,(H,34,35)/b33-16-. The van der Waals surface area contributed by atoms with E-state index in [9.17, 15) is 9.59 Å². The molecule has 0 fully saturated rings. The molecule has 1 amide bonds. The summed E-state index contributed by atoms with van der Waals surface area (Å²) in [6, 6.07) is 23.3. The summed E-state index contributed by atoms with van der Waals surface area (Å²) in [6.07, 6.45) is 1.44. The van der Waals surface area contributed by atoms with E-state index >= 15 is 0 Å². The van der Waals surface area contributed by atoms with Crippen LogP contribution in [0.1, 0.15) is 31.8 Å². The van der Waals surface area contributed by atoms with E-state index < -0.39 is 11.9 Å². The molecular formula is C29H21Cl3N2O5. The Kier molecular flexibility index (Phi) is 9.44. The topological polar surface area (TPSA) is 86.2 Å². The van der Waals surface area contributed by atoms with Crippen molar-refractivity contribution in [3.8, 4) is 17.2 Å². The highest BCUT2D eigenvalue weighted by Gasteiger charge is 2.16. The van der Waals surface area contributed by atoms with Gasteiger partial charge in [0.25, 0.3) is 5.91 Å². The van der Waals surface area contributed by atoms with E-state index in [0.717, 1.165) is 5.56 Å². The average molecular weight is 584 g/mol. The first kappa shape index (κ1) is 28.0. The lowest BCUT2D eigenvalue weighted by Crippen LogP contribution is -2.17. The van der Waals surface area contributed by atoms with Gasteiger partial charge in [-0.3, -0.25) is 4.79 Å². The van der Waals surface area contributed by atoms with Crippen LogP contribution in [0.3, 0.4) is 0 Å². The number of nitrogens with zero attached hydrogens (tertiary/aromatic N) is 1. The van der Waals surface area contributed by atoms with Crippen LogP contribution in [0.5, 0.6) is 17.2 Å². The number of carbonyl (C=O) groups is 2. The molecule has 0 heterocycles. The van der Waals surface area contributed by atoms with Crippen LogP contribution in [0, 0.1) is 0 Å². The number of hydrogen-bond acceptors (Lipinski definition) is 6. The average Bonchev–Trinajstić information content (AvgIpc) is 2.93. The Bertz CT molecular complexity index is 1510. The van der Waals surface area contributed by atoms with Crippen LogP contribution in [0.25, 0.3) is 0 Å². The van der Waals surface area contributed by atoms with Crippen molar-refractivity contribution in [1.29, 1.82) is 0 Å². The molecule has 7 nitrogen and oxygen atoms in total. The van der Waals surface area contributed by atoms with Gasteiger partial charge in [-0.05, 0) is 83.9 Å². The van der Waals surface area contributed by atoms with Crippen molar-refractivity contribution in [3.05, 3.63) is 122 Å². The number of nitrogens with one attached hydrogen (secondary N) is 1. The number of amides is 1. The lowest BCUT2D eigenvalue weighted by molar-refractivity contribution is 0.0729. The van der Waals surface area contributed by atoms with E-state index in [2.05, 4.69) is 10.5 Å². The van der Waals surface area contributed by atoms with Gasteiger partial charge in [-0.15, -0.1) is 0 Å². The first-order valence-corrected chi connectivity index (χ1v) is 12.6. The third kappa shape index (κ3) is 7.74. The van der Waals surface area contributed by atoms with E-state index in [-0.39, 0.29) is 22.1 Å². The van der Waals surface area contributed by atoms with Gasteiger partial charge in [0.05, 0.1) is 23.9 Å². The van der Waals surface area contributed by atoms with Gasteiger partial charge in [0.2, 0.25) is 0 Å². The first-order chi connectivity index (χ1) is 18.8. The van der Waals surface area contributed by atoms with Crippen molar-refractivity contribution in [2.75, 3.05) is 7.11 Å². The van der Waals surface area contributed by atoms with Crippen LogP contribution in [0.2, 0.25) is 15.1 Å². The Balaban J connectivity index is 1.33. The molecular weight excluding hydrogens is 563 g/mol. The molecule has 0 bridgehead atoms. The zero-order chi connectivity index (χ0) is 27.8. The van der Waals surface area contributed by atoms with E-state index in [1.807, 2.05) is 12.1 Å². The second-order valence-corrected chi connectivity index (χ2v) is 9.34. The zero-order valence-electron chi connectivity index (χ0n) is 20.5. The fraction of sp³-hybridized carbons (Fsp3) is 0.0690. The summed E-state index contributed by atoms with van der Waals surface area (Å²) in [6.45, 7) is 0.378. The molecule has 0 radical (unpaired) electrons. The lowest BCUT2D eigenvalue weighted by Gasteiger charge is -2.10. The van der Waals surface area contributed by atoms with Crippen molar-refractivity contribution in [2.24, 2.45) is 5.10 Å². The molecule has 0 saturated carbocycles. The SMILES string of the molecule is COc1cc(/C=N\NC(=O)c2ccc(OCc3ccc(Cl)cc3)cc2)ccc1OC(=O)c1ccc(Cl)cc1Cl. The van der Waals surface area contributed by atoms with Gasteiger partial charge in [-0.2, -0.15) is 5.10 Å². The smallest absolute Gasteiger partial charge is 0.345 e. The molecule has 4 aromatic carbocycles. The Morgan fingerprint density at radius 1 is 0.846 bits per heavy atom. The number of esters is 1. The van der Waals surface area contributed by atoms with Crippen molar-refractivity contribution in [1.82, 2.24) is 5.43 Å². The summed E-state index contributed by atoms with van der Waals surface area (Å²) in [5.41, 5.74) is 4.62.